The summed E-state index contributed by atoms with van der Waals surface area (Å²) in [6.45, 7) is 6.62. The molecule has 0 fully saturated rings. The number of aryl methyl sites for hydroxylation is 3. The van der Waals surface area contributed by atoms with Gasteiger partial charge in [0.05, 0.1) is 0 Å². The molecule has 3 rings (SSSR count). The Morgan fingerprint density at radius 1 is 0.579 bits per heavy atom. The minimum absolute atomic E-state index is 0.157. The van der Waals surface area contributed by atoms with Crippen LogP contribution in [0.15, 0.2) is 36.4 Å². The van der Waals surface area contributed by atoms with Gasteiger partial charge in [-0.05, 0) is 0 Å². The van der Waals surface area contributed by atoms with Gasteiger partial charge in [0, 0.05) is 0 Å². The van der Waals surface area contributed by atoms with Gasteiger partial charge >= 0.3 is 125 Å². The van der Waals surface area contributed by atoms with Crippen LogP contribution >= 0.6 is 0 Å². The van der Waals surface area contributed by atoms with E-state index in [1.165, 1.54) is 38.2 Å². The molecular weight excluding hydrogens is 343 g/mol. The summed E-state index contributed by atoms with van der Waals surface area (Å²) in [4.78, 5) is 2.33. The predicted molar refractivity (Wildman–Crippen MR) is 80.3 cm³/mol. The van der Waals surface area contributed by atoms with Gasteiger partial charge in [0.15, 0.2) is 0 Å². The van der Waals surface area contributed by atoms with Gasteiger partial charge in [-0.25, -0.2) is 0 Å². The summed E-state index contributed by atoms with van der Waals surface area (Å²) < 4.78 is 1.56. The summed E-state index contributed by atoms with van der Waals surface area (Å²) in [5, 5.41) is 5.47. The molecule has 0 N–H and O–H groups in total. The molecule has 0 nitrogen and oxygen atoms in total. The van der Waals surface area contributed by atoms with Crippen molar-refractivity contribution in [3.8, 4) is 0 Å². The van der Waals surface area contributed by atoms with Gasteiger partial charge in [0.1, 0.15) is 0 Å². The number of alkyl halides is 1. The van der Waals surface area contributed by atoms with E-state index in [1.807, 2.05) is 0 Å². The molecule has 0 aromatic heterocycles. The second-order valence-electron chi connectivity index (χ2n) is 5.27. The fourth-order valence-electron chi connectivity index (χ4n) is 2.62. The van der Waals surface area contributed by atoms with E-state index in [1.54, 1.807) is 3.57 Å². The summed E-state index contributed by atoms with van der Waals surface area (Å²) in [7, 11) is 0. The first-order valence-corrected chi connectivity index (χ1v) is 9.77. The standard InChI is InChI=1S/C18H18I/c1-11-5-14-8-16-7-13(3)18(19-4)10-17(16)9-15(14)6-12(11)2/h5-10H,1-4H3/q-1. The van der Waals surface area contributed by atoms with Crippen LogP contribution in [-0.2, 0) is 0 Å². The molecule has 0 spiro atoms. The molecule has 0 amide bonds. The van der Waals surface area contributed by atoms with Crippen molar-refractivity contribution in [2.45, 2.75) is 20.8 Å². The van der Waals surface area contributed by atoms with E-state index < -0.39 is 0 Å². The van der Waals surface area contributed by atoms with Crippen molar-refractivity contribution in [1.29, 1.82) is 0 Å². The zero-order chi connectivity index (χ0) is 13.6. The average molecular weight is 361 g/mol. The minimum atomic E-state index is 0.157. The van der Waals surface area contributed by atoms with Crippen molar-refractivity contribution in [3.63, 3.8) is 0 Å². The molecule has 19 heavy (non-hydrogen) atoms. The summed E-state index contributed by atoms with van der Waals surface area (Å²) in [6.07, 6.45) is 0. The molecule has 0 bridgehead atoms. The Labute approximate surface area is 125 Å². The van der Waals surface area contributed by atoms with Crippen molar-refractivity contribution in [1.82, 2.24) is 0 Å². The Morgan fingerprint density at radius 2 is 1.00 bits per heavy atom. The molecule has 0 atom stereocenters. The van der Waals surface area contributed by atoms with Gasteiger partial charge in [-0.3, -0.25) is 0 Å². The average Bonchev–Trinajstić information content (AvgIpc) is 2.38. The van der Waals surface area contributed by atoms with Crippen LogP contribution in [0.25, 0.3) is 21.5 Å². The number of halogens is 1. The Hall–Kier alpha value is -1.09. The van der Waals surface area contributed by atoms with Gasteiger partial charge in [-0.1, -0.05) is 0 Å². The van der Waals surface area contributed by atoms with Crippen LogP contribution in [0.1, 0.15) is 16.7 Å². The molecule has 0 heterocycles. The summed E-state index contributed by atoms with van der Waals surface area (Å²) in [5.74, 6) is 0. The van der Waals surface area contributed by atoms with E-state index in [-0.39, 0.29) is 21.2 Å². The van der Waals surface area contributed by atoms with E-state index in [0.29, 0.717) is 0 Å². The van der Waals surface area contributed by atoms with Gasteiger partial charge in [0.2, 0.25) is 0 Å². The third kappa shape index (κ3) is 2.25. The monoisotopic (exact) mass is 361 g/mol. The molecule has 1 heteroatoms. The van der Waals surface area contributed by atoms with Crippen molar-refractivity contribution < 1.29 is 21.2 Å². The molecule has 0 unspecified atom stereocenters. The van der Waals surface area contributed by atoms with E-state index in [0.717, 1.165) is 0 Å². The van der Waals surface area contributed by atoms with Gasteiger partial charge < -0.3 is 0 Å². The molecule has 0 radical (unpaired) electrons. The molecule has 0 aliphatic heterocycles. The topological polar surface area (TPSA) is 0 Å². The van der Waals surface area contributed by atoms with Gasteiger partial charge in [-0.15, -0.1) is 0 Å². The Bertz CT molecular complexity index is 785. The quantitative estimate of drug-likeness (QED) is 0.352. The maximum absolute atomic E-state index is 2.40. The molecule has 0 saturated heterocycles. The molecule has 3 aromatic carbocycles. The van der Waals surface area contributed by atoms with Crippen molar-refractivity contribution in [3.05, 3.63) is 56.7 Å². The second kappa shape index (κ2) is 4.78. The fraction of sp³-hybridized carbons (Fsp3) is 0.222. The van der Waals surface area contributed by atoms with Crippen LogP contribution in [0.4, 0.5) is 0 Å². The number of hydrogen-bond acceptors (Lipinski definition) is 0. The Balaban J connectivity index is 2.38. The Kier molecular flexibility index (Phi) is 3.25. The SMILES string of the molecule is C[I-]c1cc2cc3cc(C)c(C)cc3cc2cc1C. The summed E-state index contributed by atoms with van der Waals surface area (Å²) in [6, 6.07) is 14.0. The molecule has 0 saturated carbocycles. The van der Waals surface area contributed by atoms with Crippen LogP contribution in [0, 0.1) is 24.3 Å². The van der Waals surface area contributed by atoms with Crippen LogP contribution in [0.3, 0.4) is 0 Å². The zero-order valence-corrected chi connectivity index (χ0v) is 14.0. The normalized spacial score (nSPS) is 11.6. The second-order valence-corrected chi connectivity index (χ2v) is 7.51. The van der Waals surface area contributed by atoms with E-state index in [4.69, 9.17) is 0 Å². The van der Waals surface area contributed by atoms with Gasteiger partial charge in [-0.2, -0.15) is 0 Å². The maximum atomic E-state index is 2.40. The first-order valence-electron chi connectivity index (χ1n) is 6.53. The molecule has 3 aromatic rings. The van der Waals surface area contributed by atoms with Crippen molar-refractivity contribution in [2.24, 2.45) is 0 Å². The zero-order valence-electron chi connectivity index (χ0n) is 11.8. The van der Waals surface area contributed by atoms with E-state index in [2.05, 4.69) is 62.1 Å². The van der Waals surface area contributed by atoms with E-state index >= 15 is 0 Å². The predicted octanol–water partition coefficient (Wildman–Crippen LogP) is 1.81. The molecular formula is C18H18I-. The number of fused-ring (bicyclic) bond motifs is 2. The van der Waals surface area contributed by atoms with Gasteiger partial charge in [0.25, 0.3) is 0 Å². The third-order valence-electron chi connectivity index (χ3n) is 3.89. The molecule has 0 aliphatic rings. The van der Waals surface area contributed by atoms with Crippen molar-refractivity contribution >= 4 is 21.5 Å². The van der Waals surface area contributed by atoms with Crippen LogP contribution in [0.5, 0.6) is 0 Å². The molecule has 98 valence electrons. The molecule has 0 aliphatic carbocycles. The van der Waals surface area contributed by atoms with E-state index in [9.17, 15) is 0 Å². The van der Waals surface area contributed by atoms with Crippen molar-refractivity contribution in [2.75, 3.05) is 4.93 Å². The first-order chi connectivity index (χ1) is 9.08. The van der Waals surface area contributed by atoms with Crippen LogP contribution in [-0.4, -0.2) is 4.93 Å². The number of rotatable bonds is 1. The van der Waals surface area contributed by atoms with Crippen LogP contribution in [0.2, 0.25) is 0 Å². The summed E-state index contributed by atoms with van der Waals surface area (Å²) in [5.41, 5.74) is 4.20. The number of benzene rings is 3. The third-order valence-corrected chi connectivity index (χ3v) is 6.21. The fourth-order valence-corrected chi connectivity index (χ4v) is 4.27. The first kappa shape index (κ1) is 12.9. The number of hydrogen-bond donors (Lipinski definition) is 0. The Morgan fingerprint density at radius 3 is 1.47 bits per heavy atom. The van der Waals surface area contributed by atoms with Crippen LogP contribution < -0.4 is 21.2 Å². The summed E-state index contributed by atoms with van der Waals surface area (Å²) >= 11 is 0.157.